The number of anilines is 1. The molecule has 5 rings (SSSR count). The number of nitrogens with zero attached hydrogens (tertiary/aromatic N) is 7. The van der Waals surface area contributed by atoms with E-state index in [1.54, 1.807) is 16.9 Å². The van der Waals surface area contributed by atoms with Crippen molar-refractivity contribution in [3.05, 3.63) is 36.6 Å². The average molecular weight is 339 g/mol. The predicted molar refractivity (Wildman–Crippen MR) is 87.4 cm³/mol. The van der Waals surface area contributed by atoms with Gasteiger partial charge >= 0.3 is 0 Å². The van der Waals surface area contributed by atoms with Crippen LogP contribution in [0.5, 0.6) is 0 Å². The fraction of sp³-hybridized carbons (Fsp3) is 0.438. The smallest absolute Gasteiger partial charge is 0.276 e. The first-order valence-electron chi connectivity index (χ1n) is 8.42. The van der Waals surface area contributed by atoms with E-state index in [1.165, 1.54) is 12.7 Å². The highest BCUT2D eigenvalue weighted by Crippen LogP contribution is 2.41. The van der Waals surface area contributed by atoms with E-state index in [9.17, 15) is 4.79 Å². The third-order valence-electron chi connectivity index (χ3n) is 4.81. The Labute approximate surface area is 143 Å². The van der Waals surface area contributed by atoms with Crippen LogP contribution in [0.1, 0.15) is 35.0 Å². The standard InChI is InChI=1S/C16H17N7O2/c24-16(14-15(11-1-2-11)25-10-19-14)22-5-3-21(4-6-22)13-8-17-7-12-18-9-20-23(12)13/h7-11H,1-6H2. The first kappa shape index (κ1) is 14.4. The van der Waals surface area contributed by atoms with Crippen LogP contribution in [-0.2, 0) is 0 Å². The number of piperazine rings is 1. The molecule has 0 spiro atoms. The highest BCUT2D eigenvalue weighted by Gasteiger charge is 2.34. The minimum atomic E-state index is -0.0348. The molecule has 0 bridgehead atoms. The second-order valence-electron chi connectivity index (χ2n) is 6.41. The summed E-state index contributed by atoms with van der Waals surface area (Å²) in [5.41, 5.74) is 1.20. The van der Waals surface area contributed by atoms with Crippen molar-refractivity contribution in [2.24, 2.45) is 0 Å². The summed E-state index contributed by atoms with van der Waals surface area (Å²) in [4.78, 5) is 29.3. The summed E-state index contributed by atoms with van der Waals surface area (Å²) in [5, 5.41) is 4.25. The maximum atomic E-state index is 12.8. The molecule has 9 heteroatoms. The molecular weight excluding hydrogens is 322 g/mol. The normalized spacial score (nSPS) is 18.1. The van der Waals surface area contributed by atoms with Crippen molar-refractivity contribution in [3.63, 3.8) is 0 Å². The molecule has 128 valence electrons. The molecule has 0 radical (unpaired) electrons. The van der Waals surface area contributed by atoms with E-state index >= 15 is 0 Å². The summed E-state index contributed by atoms with van der Waals surface area (Å²) >= 11 is 0. The van der Waals surface area contributed by atoms with Gasteiger partial charge < -0.3 is 14.2 Å². The number of carbonyl (C=O) groups is 1. The van der Waals surface area contributed by atoms with Crippen molar-refractivity contribution in [2.45, 2.75) is 18.8 Å². The Morgan fingerprint density at radius 1 is 1.12 bits per heavy atom. The van der Waals surface area contributed by atoms with Crippen molar-refractivity contribution in [1.29, 1.82) is 0 Å². The lowest BCUT2D eigenvalue weighted by Gasteiger charge is -2.35. The van der Waals surface area contributed by atoms with Crippen LogP contribution in [0.3, 0.4) is 0 Å². The largest absolute Gasteiger partial charge is 0.447 e. The first-order chi connectivity index (χ1) is 12.3. The van der Waals surface area contributed by atoms with Gasteiger partial charge in [-0.05, 0) is 12.8 Å². The molecule has 0 N–H and O–H groups in total. The van der Waals surface area contributed by atoms with E-state index in [-0.39, 0.29) is 5.91 Å². The Morgan fingerprint density at radius 2 is 1.96 bits per heavy atom. The summed E-state index contributed by atoms with van der Waals surface area (Å²) in [6, 6.07) is 0. The fourth-order valence-electron chi connectivity index (χ4n) is 3.30. The zero-order chi connectivity index (χ0) is 16.8. The molecule has 1 aliphatic heterocycles. The molecular formula is C16H17N7O2. The molecule has 1 aliphatic carbocycles. The van der Waals surface area contributed by atoms with E-state index in [2.05, 4.69) is 25.0 Å². The Hall–Kier alpha value is -2.97. The summed E-state index contributed by atoms with van der Waals surface area (Å²) in [5.74, 6) is 1.98. The quantitative estimate of drug-likeness (QED) is 0.701. The van der Waals surface area contributed by atoms with Crippen LogP contribution in [0.4, 0.5) is 5.82 Å². The lowest BCUT2D eigenvalue weighted by molar-refractivity contribution is 0.0739. The van der Waals surface area contributed by atoms with E-state index in [0.717, 1.165) is 24.4 Å². The summed E-state index contributed by atoms with van der Waals surface area (Å²) in [6.45, 7) is 2.67. The number of carbonyl (C=O) groups excluding carboxylic acids is 1. The summed E-state index contributed by atoms with van der Waals surface area (Å²) in [6.07, 6.45) is 8.52. The van der Waals surface area contributed by atoms with Gasteiger partial charge in [-0.2, -0.15) is 9.61 Å². The minimum Gasteiger partial charge on any atom is -0.447 e. The average Bonchev–Trinajstić information content (AvgIpc) is 3.19. The molecule has 2 fully saturated rings. The second kappa shape index (κ2) is 5.54. The Morgan fingerprint density at radius 3 is 2.76 bits per heavy atom. The zero-order valence-corrected chi connectivity index (χ0v) is 13.6. The summed E-state index contributed by atoms with van der Waals surface area (Å²) in [7, 11) is 0. The molecule has 0 atom stereocenters. The number of hydrogen-bond acceptors (Lipinski definition) is 7. The third kappa shape index (κ3) is 2.43. The maximum absolute atomic E-state index is 12.8. The predicted octanol–water partition coefficient (Wildman–Crippen LogP) is 0.952. The van der Waals surface area contributed by atoms with Gasteiger partial charge in [0.15, 0.2) is 23.6 Å². The molecule has 0 unspecified atom stereocenters. The van der Waals surface area contributed by atoms with Crippen molar-refractivity contribution in [2.75, 3.05) is 31.1 Å². The number of rotatable bonds is 3. The van der Waals surface area contributed by atoms with Gasteiger partial charge in [0.05, 0.1) is 12.4 Å². The zero-order valence-electron chi connectivity index (χ0n) is 13.6. The minimum absolute atomic E-state index is 0.0348. The lowest BCUT2D eigenvalue weighted by Crippen LogP contribution is -2.49. The number of aromatic nitrogens is 5. The number of fused-ring (bicyclic) bond motifs is 1. The van der Waals surface area contributed by atoms with Crippen LogP contribution in [0.25, 0.3) is 5.65 Å². The van der Waals surface area contributed by atoms with Crippen LogP contribution >= 0.6 is 0 Å². The molecule has 0 aromatic carbocycles. The van der Waals surface area contributed by atoms with Gasteiger partial charge in [0.2, 0.25) is 0 Å². The van der Waals surface area contributed by atoms with Gasteiger partial charge in [0, 0.05) is 32.1 Å². The van der Waals surface area contributed by atoms with Crippen LogP contribution in [0.15, 0.2) is 29.5 Å². The Kier molecular flexibility index (Phi) is 3.19. The number of hydrogen-bond donors (Lipinski definition) is 0. The third-order valence-corrected chi connectivity index (χ3v) is 4.81. The molecule has 2 aliphatic rings. The van der Waals surface area contributed by atoms with E-state index in [1.807, 2.05) is 4.90 Å². The van der Waals surface area contributed by atoms with Crippen molar-refractivity contribution in [1.82, 2.24) is 29.5 Å². The van der Waals surface area contributed by atoms with Gasteiger partial charge in [-0.1, -0.05) is 0 Å². The van der Waals surface area contributed by atoms with Gasteiger partial charge in [-0.15, -0.1) is 0 Å². The SMILES string of the molecule is O=C(c1ncoc1C1CC1)N1CCN(c2cncc3ncnn23)CC1. The molecule has 1 saturated heterocycles. The topological polar surface area (TPSA) is 92.7 Å². The number of amides is 1. The van der Waals surface area contributed by atoms with Crippen LogP contribution in [0, 0.1) is 0 Å². The molecule has 1 amide bonds. The van der Waals surface area contributed by atoms with Gasteiger partial charge in [-0.25, -0.2) is 9.97 Å². The van der Waals surface area contributed by atoms with Crippen LogP contribution < -0.4 is 4.90 Å². The monoisotopic (exact) mass is 339 g/mol. The molecule has 3 aromatic rings. The van der Waals surface area contributed by atoms with E-state index < -0.39 is 0 Å². The molecule has 1 saturated carbocycles. The molecule has 9 nitrogen and oxygen atoms in total. The van der Waals surface area contributed by atoms with Crippen molar-refractivity contribution < 1.29 is 9.21 Å². The van der Waals surface area contributed by atoms with Gasteiger partial charge in [0.1, 0.15) is 12.1 Å². The second-order valence-corrected chi connectivity index (χ2v) is 6.41. The molecule has 4 heterocycles. The van der Waals surface area contributed by atoms with Gasteiger partial charge in [0.25, 0.3) is 5.91 Å². The highest BCUT2D eigenvalue weighted by molar-refractivity contribution is 5.93. The fourth-order valence-corrected chi connectivity index (χ4v) is 3.30. The van der Waals surface area contributed by atoms with E-state index in [0.29, 0.717) is 43.4 Å². The van der Waals surface area contributed by atoms with Crippen molar-refractivity contribution in [3.8, 4) is 0 Å². The van der Waals surface area contributed by atoms with E-state index in [4.69, 9.17) is 4.42 Å². The summed E-state index contributed by atoms with van der Waals surface area (Å²) < 4.78 is 7.21. The van der Waals surface area contributed by atoms with Gasteiger partial charge in [-0.3, -0.25) is 9.78 Å². The number of oxazole rings is 1. The maximum Gasteiger partial charge on any atom is 0.276 e. The highest BCUT2D eigenvalue weighted by atomic mass is 16.3. The van der Waals surface area contributed by atoms with Crippen molar-refractivity contribution >= 4 is 17.4 Å². The Bertz CT molecular complexity index is 921. The first-order valence-corrected chi connectivity index (χ1v) is 8.42. The molecule has 3 aromatic heterocycles. The molecule has 25 heavy (non-hydrogen) atoms. The Balaban J connectivity index is 1.32. The lowest BCUT2D eigenvalue weighted by atomic mass is 10.2. The van der Waals surface area contributed by atoms with Crippen LogP contribution in [0.2, 0.25) is 0 Å². The van der Waals surface area contributed by atoms with Crippen LogP contribution in [-0.4, -0.2) is 61.6 Å².